The second-order valence-corrected chi connectivity index (χ2v) is 6.59. The standard InChI is InChI=1S/C14H14FN3O2S/c15-11-5-2-8-17-14(11)21(19,20)18-9-3-4-10-12(16)6-1-7-13(10)18/h1-2,5-8H,3-4,9,16H2. The van der Waals surface area contributed by atoms with Crippen LogP contribution in [0, 0.1) is 5.82 Å². The highest BCUT2D eigenvalue weighted by molar-refractivity contribution is 7.92. The topological polar surface area (TPSA) is 76.3 Å². The average Bonchev–Trinajstić information content (AvgIpc) is 2.47. The molecule has 3 rings (SSSR count). The van der Waals surface area contributed by atoms with Crippen molar-refractivity contribution < 1.29 is 12.8 Å². The molecule has 0 radical (unpaired) electrons. The lowest BCUT2D eigenvalue weighted by atomic mass is 10.0. The Hall–Kier alpha value is -2.15. The number of nitrogen functional groups attached to an aromatic ring is 1. The van der Waals surface area contributed by atoms with E-state index in [0.717, 1.165) is 11.6 Å². The zero-order valence-corrected chi connectivity index (χ0v) is 12.0. The van der Waals surface area contributed by atoms with Crippen LogP contribution >= 0.6 is 0 Å². The number of nitrogens with two attached hydrogens (primary N) is 1. The van der Waals surface area contributed by atoms with E-state index < -0.39 is 20.9 Å². The molecule has 0 unspecified atom stereocenters. The summed E-state index contributed by atoms with van der Waals surface area (Å²) in [6.07, 6.45) is 2.60. The quantitative estimate of drug-likeness (QED) is 0.860. The van der Waals surface area contributed by atoms with Crippen LogP contribution in [0.15, 0.2) is 41.6 Å². The van der Waals surface area contributed by atoms with Crippen LogP contribution < -0.4 is 10.0 Å². The Morgan fingerprint density at radius 2 is 2.05 bits per heavy atom. The number of fused-ring (bicyclic) bond motifs is 1. The van der Waals surface area contributed by atoms with Crippen molar-refractivity contribution >= 4 is 21.4 Å². The molecule has 2 N–H and O–H groups in total. The molecular formula is C14H14FN3O2S. The van der Waals surface area contributed by atoms with Gasteiger partial charge in [-0.3, -0.25) is 4.31 Å². The number of pyridine rings is 1. The fourth-order valence-corrected chi connectivity index (χ4v) is 4.05. The highest BCUT2D eigenvalue weighted by atomic mass is 32.2. The molecule has 0 aliphatic carbocycles. The van der Waals surface area contributed by atoms with Gasteiger partial charge < -0.3 is 5.73 Å². The summed E-state index contributed by atoms with van der Waals surface area (Å²) in [4.78, 5) is 3.68. The molecule has 1 aliphatic heterocycles. The molecule has 1 aromatic carbocycles. The predicted octanol–water partition coefficient (Wildman–Crippen LogP) is 1.94. The molecule has 2 heterocycles. The van der Waals surface area contributed by atoms with Crippen LogP contribution in [0.4, 0.5) is 15.8 Å². The lowest BCUT2D eigenvalue weighted by molar-refractivity contribution is 0.548. The van der Waals surface area contributed by atoms with E-state index in [-0.39, 0.29) is 6.54 Å². The minimum absolute atomic E-state index is 0.287. The Morgan fingerprint density at radius 3 is 2.81 bits per heavy atom. The van der Waals surface area contributed by atoms with E-state index in [4.69, 9.17) is 5.73 Å². The van der Waals surface area contributed by atoms with Crippen LogP contribution in [0.5, 0.6) is 0 Å². The molecule has 0 spiro atoms. The van der Waals surface area contributed by atoms with E-state index in [1.54, 1.807) is 18.2 Å². The number of halogens is 1. The van der Waals surface area contributed by atoms with Gasteiger partial charge in [0.05, 0.1) is 5.69 Å². The Balaban J connectivity index is 2.15. The SMILES string of the molecule is Nc1cccc2c1CCCN2S(=O)(=O)c1ncccc1F. The van der Waals surface area contributed by atoms with E-state index in [9.17, 15) is 12.8 Å². The minimum atomic E-state index is -4.03. The van der Waals surface area contributed by atoms with Gasteiger partial charge in [0.15, 0.2) is 5.82 Å². The molecule has 0 fully saturated rings. The molecule has 21 heavy (non-hydrogen) atoms. The second-order valence-electron chi connectivity index (χ2n) is 4.82. The van der Waals surface area contributed by atoms with Gasteiger partial charge in [-0.1, -0.05) is 6.07 Å². The molecule has 110 valence electrons. The van der Waals surface area contributed by atoms with Crippen molar-refractivity contribution in [3.8, 4) is 0 Å². The Bertz CT molecular complexity index is 793. The summed E-state index contributed by atoms with van der Waals surface area (Å²) in [6.45, 7) is 0.287. The van der Waals surface area contributed by atoms with Gasteiger partial charge in [-0.25, -0.2) is 9.37 Å². The van der Waals surface area contributed by atoms with Gasteiger partial charge in [-0.05, 0) is 42.7 Å². The first kappa shape index (κ1) is 13.8. The van der Waals surface area contributed by atoms with E-state index >= 15 is 0 Å². The first-order valence-electron chi connectivity index (χ1n) is 6.52. The summed E-state index contributed by atoms with van der Waals surface area (Å²) < 4.78 is 40.3. The molecule has 0 bridgehead atoms. The first-order valence-corrected chi connectivity index (χ1v) is 7.96. The van der Waals surface area contributed by atoms with Crippen molar-refractivity contribution in [2.75, 3.05) is 16.6 Å². The van der Waals surface area contributed by atoms with Gasteiger partial charge in [0.25, 0.3) is 10.0 Å². The van der Waals surface area contributed by atoms with Gasteiger partial charge in [-0.2, -0.15) is 8.42 Å². The third kappa shape index (κ3) is 2.23. The van der Waals surface area contributed by atoms with E-state index in [1.807, 2.05) is 0 Å². The van der Waals surface area contributed by atoms with Crippen molar-refractivity contribution in [3.63, 3.8) is 0 Å². The van der Waals surface area contributed by atoms with Crippen molar-refractivity contribution in [1.82, 2.24) is 4.98 Å². The summed E-state index contributed by atoms with van der Waals surface area (Å²) in [5.74, 6) is -0.853. The second kappa shape index (κ2) is 5.00. The lowest BCUT2D eigenvalue weighted by Crippen LogP contribution is -2.36. The smallest absolute Gasteiger partial charge is 0.284 e. The molecule has 0 saturated carbocycles. The van der Waals surface area contributed by atoms with Crippen LogP contribution in [0.25, 0.3) is 0 Å². The lowest BCUT2D eigenvalue weighted by Gasteiger charge is -2.30. The van der Waals surface area contributed by atoms with Gasteiger partial charge in [-0.15, -0.1) is 0 Å². The maximum atomic E-state index is 13.8. The zero-order chi connectivity index (χ0) is 15.0. The van der Waals surface area contributed by atoms with Crippen LogP contribution in [0.2, 0.25) is 0 Å². The largest absolute Gasteiger partial charge is 0.398 e. The van der Waals surface area contributed by atoms with Crippen LogP contribution in [-0.2, 0) is 16.4 Å². The highest BCUT2D eigenvalue weighted by Gasteiger charge is 2.32. The van der Waals surface area contributed by atoms with Crippen molar-refractivity contribution in [2.45, 2.75) is 17.9 Å². The minimum Gasteiger partial charge on any atom is -0.398 e. The Labute approximate surface area is 122 Å². The fourth-order valence-electron chi connectivity index (χ4n) is 2.53. The highest BCUT2D eigenvalue weighted by Crippen LogP contribution is 2.34. The number of nitrogens with zero attached hydrogens (tertiary/aromatic N) is 2. The van der Waals surface area contributed by atoms with Crippen LogP contribution in [-0.4, -0.2) is 19.9 Å². The molecule has 0 saturated heterocycles. The summed E-state index contributed by atoms with van der Waals surface area (Å²) >= 11 is 0. The van der Waals surface area contributed by atoms with Gasteiger partial charge >= 0.3 is 0 Å². The maximum Gasteiger partial charge on any atom is 0.284 e. The molecule has 7 heteroatoms. The molecule has 1 aliphatic rings. The number of anilines is 2. The number of hydrogen-bond acceptors (Lipinski definition) is 4. The number of aromatic nitrogens is 1. The van der Waals surface area contributed by atoms with E-state index in [1.165, 1.54) is 16.6 Å². The van der Waals surface area contributed by atoms with E-state index in [2.05, 4.69) is 4.98 Å². The number of benzene rings is 1. The third-order valence-electron chi connectivity index (χ3n) is 3.50. The van der Waals surface area contributed by atoms with Crippen LogP contribution in [0.3, 0.4) is 0 Å². The maximum absolute atomic E-state index is 13.8. The molecule has 2 aromatic rings. The van der Waals surface area contributed by atoms with Crippen LogP contribution in [0.1, 0.15) is 12.0 Å². The monoisotopic (exact) mass is 307 g/mol. The van der Waals surface area contributed by atoms with Crippen molar-refractivity contribution in [2.24, 2.45) is 0 Å². The van der Waals surface area contributed by atoms with Crippen molar-refractivity contribution in [3.05, 3.63) is 47.9 Å². The summed E-state index contributed by atoms with van der Waals surface area (Å²) in [5, 5.41) is -0.555. The normalized spacial score (nSPS) is 14.8. The van der Waals surface area contributed by atoms with Gasteiger partial charge in [0, 0.05) is 18.4 Å². The van der Waals surface area contributed by atoms with Gasteiger partial charge in [0.2, 0.25) is 5.03 Å². The molecule has 0 amide bonds. The summed E-state index contributed by atoms with van der Waals surface area (Å²) in [6, 6.07) is 7.55. The first-order chi connectivity index (χ1) is 10.0. The number of hydrogen-bond donors (Lipinski definition) is 1. The average molecular weight is 307 g/mol. The molecule has 1 aromatic heterocycles. The van der Waals surface area contributed by atoms with Gasteiger partial charge in [0.1, 0.15) is 0 Å². The predicted molar refractivity (Wildman–Crippen MR) is 77.9 cm³/mol. The fraction of sp³-hybridized carbons (Fsp3) is 0.214. The summed E-state index contributed by atoms with van der Waals surface area (Å²) in [5.41, 5.74) is 7.74. The Morgan fingerprint density at radius 1 is 1.24 bits per heavy atom. The number of sulfonamides is 1. The number of rotatable bonds is 2. The summed E-state index contributed by atoms with van der Waals surface area (Å²) in [7, 11) is -4.03. The molecule has 0 atom stereocenters. The Kier molecular flexibility index (Phi) is 3.29. The third-order valence-corrected chi connectivity index (χ3v) is 5.25. The van der Waals surface area contributed by atoms with Crippen molar-refractivity contribution in [1.29, 1.82) is 0 Å². The van der Waals surface area contributed by atoms with E-state index in [0.29, 0.717) is 24.2 Å². The molecular weight excluding hydrogens is 293 g/mol. The zero-order valence-electron chi connectivity index (χ0n) is 11.2. The molecule has 5 nitrogen and oxygen atoms in total.